The molecule has 47 heavy (non-hydrogen) atoms. The van der Waals surface area contributed by atoms with Gasteiger partial charge in [0.15, 0.2) is 5.65 Å². The molecule has 0 radical (unpaired) electrons. The number of carbonyl (C=O) groups is 1. The minimum absolute atomic E-state index is 0.294. The fourth-order valence-electron chi connectivity index (χ4n) is 6.63. The number of benzene rings is 1. The first kappa shape index (κ1) is 33.8. The second-order valence-corrected chi connectivity index (χ2v) is 18.8. The monoisotopic (exact) mass is 649 g/mol. The van der Waals surface area contributed by atoms with Crippen LogP contribution in [-0.2, 0) is 6.54 Å². The van der Waals surface area contributed by atoms with Gasteiger partial charge in [0.1, 0.15) is 13.9 Å². The van der Waals surface area contributed by atoms with Gasteiger partial charge in [-0.1, -0.05) is 53.5 Å². The lowest BCUT2D eigenvalue weighted by molar-refractivity contribution is 0.251. The van der Waals surface area contributed by atoms with Crippen LogP contribution >= 0.6 is 0 Å². The van der Waals surface area contributed by atoms with Gasteiger partial charge in [-0.2, -0.15) is 4.98 Å². The average Bonchev–Trinajstić information content (AvgIpc) is 3.04. The summed E-state index contributed by atoms with van der Waals surface area (Å²) in [5.41, 5.74) is 9.29. The van der Waals surface area contributed by atoms with Crippen molar-refractivity contribution in [3.8, 4) is 11.5 Å². The highest BCUT2D eigenvalue weighted by atomic mass is 28.3. The van der Waals surface area contributed by atoms with Gasteiger partial charge in [-0.3, -0.25) is 10.3 Å². The molecule has 0 aliphatic carbocycles. The minimum Gasteiger partial charge on any atom is -0.369 e. The van der Waals surface area contributed by atoms with Gasteiger partial charge >= 0.3 is 6.03 Å². The number of hydrogen-bond acceptors (Lipinski definition) is 8. The molecule has 11 heteroatoms. The lowest BCUT2D eigenvalue weighted by Gasteiger charge is -2.38. The maximum atomic E-state index is 12.9. The Morgan fingerprint density at radius 3 is 2.26 bits per heavy atom. The number of piperazine rings is 1. The van der Waals surface area contributed by atoms with Crippen molar-refractivity contribution in [2.24, 2.45) is 0 Å². The number of nitrogens with one attached hydrogen (secondary N) is 3. The van der Waals surface area contributed by atoms with Crippen LogP contribution in [0.3, 0.4) is 0 Å². The zero-order chi connectivity index (χ0) is 33.6. The molecular weight excluding hydrogens is 603 g/mol. The van der Waals surface area contributed by atoms with Gasteiger partial charge in [0.2, 0.25) is 5.95 Å². The highest BCUT2D eigenvalue weighted by molar-refractivity contribution is 6.90. The van der Waals surface area contributed by atoms with Crippen LogP contribution < -0.4 is 20.9 Å². The van der Waals surface area contributed by atoms with E-state index in [1.54, 1.807) is 12.4 Å². The Hall–Kier alpha value is -4.53. The van der Waals surface area contributed by atoms with Crippen molar-refractivity contribution in [3.63, 3.8) is 0 Å². The Balaban J connectivity index is 1.44. The molecule has 246 valence electrons. The topological polar surface area (TPSA) is 111 Å². The normalized spacial score (nSPS) is 14.0. The molecule has 3 aromatic heterocycles. The van der Waals surface area contributed by atoms with E-state index in [-0.39, 0.29) is 6.03 Å². The van der Waals surface area contributed by atoms with E-state index in [0.717, 1.165) is 48.5 Å². The third-order valence-corrected chi connectivity index (χ3v) is 15.5. The van der Waals surface area contributed by atoms with Gasteiger partial charge in [0, 0.05) is 55.5 Å². The predicted octanol–water partition coefficient (Wildman–Crippen LogP) is 6.81. The molecule has 0 saturated carbocycles. The lowest BCUT2D eigenvalue weighted by atomic mass is 10.2. The Morgan fingerprint density at radius 2 is 1.62 bits per heavy atom. The highest BCUT2D eigenvalue weighted by Crippen LogP contribution is 2.41. The van der Waals surface area contributed by atoms with Crippen LogP contribution in [0.4, 0.5) is 27.9 Å². The smallest absolute Gasteiger partial charge is 0.320 e. The van der Waals surface area contributed by atoms with Crippen molar-refractivity contribution in [2.75, 3.05) is 48.8 Å². The Kier molecular flexibility index (Phi) is 10.7. The zero-order valence-corrected chi connectivity index (χ0v) is 29.6. The van der Waals surface area contributed by atoms with Gasteiger partial charge in [0.05, 0.1) is 17.6 Å². The number of carbonyl (C=O) groups excluding carboxylic acids is 1. The fraction of sp³-hybridized carbons (Fsp3) is 0.417. The van der Waals surface area contributed by atoms with E-state index < -0.39 is 8.07 Å². The average molecular weight is 650 g/mol. The molecule has 0 unspecified atom stereocenters. The molecular formula is C36H47N9OSi. The number of pyridine rings is 2. The largest absolute Gasteiger partial charge is 0.369 e. The first-order chi connectivity index (χ1) is 22.5. The number of aromatic nitrogens is 4. The van der Waals surface area contributed by atoms with Crippen LogP contribution in [-0.4, -0.2) is 72.2 Å². The fourth-order valence-corrected chi connectivity index (χ4v) is 11.8. The van der Waals surface area contributed by atoms with E-state index in [0.29, 0.717) is 40.6 Å². The number of hydrogen-bond donors (Lipinski definition) is 3. The number of urea groups is 1. The SMILES string of the molecule is CC(C)[Si](C#Cc1cc(NC(=O)NCc2ccccn2)nc2nc(Nc3ccc(N4CCN(C)CC4)cc3)ncc12)(C(C)C)C(C)C. The summed E-state index contributed by atoms with van der Waals surface area (Å²) in [7, 11) is 0.133. The second-order valence-electron chi connectivity index (χ2n) is 13.2. The molecule has 0 spiro atoms. The van der Waals surface area contributed by atoms with Gasteiger partial charge < -0.3 is 20.4 Å². The number of likely N-dealkylation sites (N-methyl/N-ethyl adjacent to an activating group) is 1. The maximum Gasteiger partial charge on any atom is 0.320 e. The maximum absolute atomic E-state index is 12.9. The summed E-state index contributed by atoms with van der Waals surface area (Å²) >= 11 is 0. The Labute approximate surface area is 279 Å². The standard InChI is InChI=1S/C36H47N9OSi/c1-25(2)47(26(3)4,27(5)6)21-15-28-22-33(42-36(46)39-23-30-10-8-9-16-37-30)41-34-32(28)24-38-35(43-34)40-29-11-13-31(14-12-29)45-19-17-44(7)18-20-45/h8-14,16,22,24-27H,17-20,23H2,1-7H3,(H3,38,39,40,41,42,43,46). The summed E-state index contributed by atoms with van der Waals surface area (Å²) in [5, 5.41) is 9.81. The first-order valence-electron chi connectivity index (χ1n) is 16.5. The van der Waals surface area contributed by atoms with Gasteiger partial charge in [-0.05, 0) is 66.1 Å². The summed E-state index contributed by atoms with van der Waals surface area (Å²) in [6.07, 6.45) is 3.47. The van der Waals surface area contributed by atoms with Crippen molar-refractivity contribution >= 4 is 48.3 Å². The van der Waals surface area contributed by atoms with Gasteiger partial charge in [-0.25, -0.2) is 14.8 Å². The van der Waals surface area contributed by atoms with Crippen LogP contribution in [0.15, 0.2) is 60.9 Å². The third kappa shape index (κ3) is 8.07. The number of rotatable bonds is 9. The number of fused-ring (bicyclic) bond motifs is 1. The van der Waals surface area contributed by atoms with E-state index in [9.17, 15) is 4.79 Å². The van der Waals surface area contributed by atoms with Gasteiger partial charge in [-0.15, -0.1) is 5.54 Å². The molecule has 2 amide bonds. The molecule has 4 aromatic rings. The third-order valence-electron chi connectivity index (χ3n) is 9.24. The molecule has 1 aliphatic heterocycles. The van der Waals surface area contributed by atoms with Gasteiger partial charge in [0.25, 0.3) is 0 Å². The molecule has 4 heterocycles. The van der Waals surface area contributed by atoms with Crippen LogP contribution in [0.25, 0.3) is 11.0 Å². The van der Waals surface area contributed by atoms with Crippen LogP contribution in [0.5, 0.6) is 0 Å². The van der Waals surface area contributed by atoms with Crippen molar-refractivity contribution < 1.29 is 4.79 Å². The number of anilines is 4. The van der Waals surface area contributed by atoms with E-state index in [4.69, 9.17) is 9.97 Å². The lowest BCUT2D eigenvalue weighted by Crippen LogP contribution is -2.44. The van der Waals surface area contributed by atoms with Crippen LogP contribution in [0.1, 0.15) is 52.8 Å². The zero-order valence-electron chi connectivity index (χ0n) is 28.6. The molecule has 1 fully saturated rings. The minimum atomic E-state index is -2.03. The second kappa shape index (κ2) is 14.9. The number of nitrogens with zero attached hydrogens (tertiary/aromatic N) is 6. The molecule has 3 N–H and O–H groups in total. The highest BCUT2D eigenvalue weighted by Gasteiger charge is 2.41. The first-order valence-corrected chi connectivity index (χ1v) is 18.7. The molecule has 1 aromatic carbocycles. The Morgan fingerprint density at radius 1 is 0.915 bits per heavy atom. The number of amides is 2. The Bertz CT molecular complexity index is 1700. The van der Waals surface area contributed by atoms with E-state index in [2.05, 4.69) is 108 Å². The van der Waals surface area contributed by atoms with E-state index in [1.807, 2.05) is 36.4 Å². The van der Waals surface area contributed by atoms with E-state index >= 15 is 0 Å². The quantitative estimate of drug-likeness (QED) is 0.134. The summed E-state index contributed by atoms with van der Waals surface area (Å²) in [4.78, 5) is 36.1. The van der Waals surface area contributed by atoms with Crippen LogP contribution in [0.2, 0.25) is 16.6 Å². The molecule has 0 bridgehead atoms. The summed E-state index contributed by atoms with van der Waals surface area (Å²) in [6, 6.07) is 15.4. The van der Waals surface area contributed by atoms with Crippen molar-refractivity contribution in [3.05, 3.63) is 72.2 Å². The predicted molar refractivity (Wildman–Crippen MR) is 195 cm³/mol. The molecule has 1 aliphatic rings. The molecule has 5 rings (SSSR count). The molecule has 1 saturated heterocycles. The summed E-state index contributed by atoms with van der Waals surface area (Å²) in [5.74, 6) is 4.32. The van der Waals surface area contributed by atoms with Crippen LogP contribution in [0, 0.1) is 11.5 Å². The van der Waals surface area contributed by atoms with Crippen molar-refractivity contribution in [2.45, 2.75) is 64.7 Å². The summed E-state index contributed by atoms with van der Waals surface area (Å²) in [6.45, 7) is 18.2. The van der Waals surface area contributed by atoms with Crippen molar-refractivity contribution in [1.82, 2.24) is 30.2 Å². The van der Waals surface area contributed by atoms with Crippen molar-refractivity contribution in [1.29, 1.82) is 0 Å². The summed E-state index contributed by atoms with van der Waals surface area (Å²) < 4.78 is 0. The molecule has 10 nitrogen and oxygen atoms in total. The van der Waals surface area contributed by atoms with E-state index in [1.165, 1.54) is 5.69 Å². The molecule has 0 atom stereocenters.